The predicted octanol–water partition coefficient (Wildman–Crippen LogP) is 2.99. The molecule has 0 heterocycles. The maximum absolute atomic E-state index is 12.7. The number of carbonyl (C=O) groups excluding carboxylic acids is 1. The van der Waals surface area contributed by atoms with Crippen LogP contribution in [0.3, 0.4) is 0 Å². The Morgan fingerprint density at radius 1 is 1.07 bits per heavy atom. The second kappa shape index (κ2) is 10.4. The topological polar surface area (TPSA) is 82.1 Å². The molecule has 0 fully saturated rings. The number of nitrogens with zero attached hydrogens (tertiary/aromatic N) is 1. The smallest absolute Gasteiger partial charge is 0.387 e. The summed E-state index contributed by atoms with van der Waals surface area (Å²) in [6.45, 7) is -2.72. The normalized spacial score (nSPS) is 11.4. The molecular formula is C20H23F2NO6S. The molecule has 0 unspecified atom stereocenters. The van der Waals surface area contributed by atoms with Gasteiger partial charge in [-0.3, -0.25) is 4.79 Å². The summed E-state index contributed by atoms with van der Waals surface area (Å²) in [6, 6.07) is 10.1. The molecule has 0 aromatic heterocycles. The molecule has 10 heteroatoms. The number of carbonyl (C=O) groups is 1. The highest BCUT2D eigenvalue weighted by atomic mass is 32.2. The fourth-order valence-electron chi connectivity index (χ4n) is 2.69. The van der Waals surface area contributed by atoms with Crippen molar-refractivity contribution in [3.05, 3.63) is 53.6 Å². The van der Waals surface area contributed by atoms with Gasteiger partial charge in [0.15, 0.2) is 21.3 Å². The van der Waals surface area contributed by atoms with Gasteiger partial charge in [0, 0.05) is 26.3 Å². The molecule has 0 radical (unpaired) electrons. The summed E-state index contributed by atoms with van der Waals surface area (Å²) in [5.41, 5.74) is 0.955. The van der Waals surface area contributed by atoms with E-state index in [0.717, 1.165) is 0 Å². The molecule has 30 heavy (non-hydrogen) atoms. The largest absolute Gasteiger partial charge is 0.493 e. The third-order valence-electron chi connectivity index (χ3n) is 4.23. The van der Waals surface area contributed by atoms with Crippen molar-refractivity contribution in [3.63, 3.8) is 0 Å². The lowest BCUT2D eigenvalue weighted by Crippen LogP contribution is -2.26. The van der Waals surface area contributed by atoms with Crippen molar-refractivity contribution in [3.8, 4) is 11.5 Å². The maximum atomic E-state index is 12.7. The van der Waals surface area contributed by atoms with E-state index in [4.69, 9.17) is 9.47 Å². The van der Waals surface area contributed by atoms with E-state index in [0.29, 0.717) is 11.1 Å². The Kier molecular flexibility index (Phi) is 8.13. The molecule has 0 bridgehead atoms. The lowest BCUT2D eigenvalue weighted by atomic mass is 10.1. The fourth-order valence-corrected chi connectivity index (χ4v) is 3.86. The first-order chi connectivity index (χ1) is 14.2. The molecule has 1 amide bonds. The third kappa shape index (κ3) is 6.14. The molecule has 0 aliphatic rings. The minimum atomic E-state index is -3.48. The van der Waals surface area contributed by atoms with Crippen LogP contribution in [0.5, 0.6) is 11.5 Å². The molecule has 7 nitrogen and oxygen atoms in total. The Bertz CT molecular complexity index is 964. The molecular weight excluding hydrogens is 420 g/mol. The first-order valence-electron chi connectivity index (χ1n) is 8.87. The van der Waals surface area contributed by atoms with Crippen LogP contribution in [0.25, 0.3) is 0 Å². The molecule has 0 N–H and O–H groups in total. The van der Waals surface area contributed by atoms with Crippen molar-refractivity contribution >= 4 is 15.7 Å². The number of rotatable bonds is 10. The summed E-state index contributed by atoms with van der Waals surface area (Å²) in [4.78, 5) is 14.2. The molecule has 0 saturated heterocycles. The van der Waals surface area contributed by atoms with Crippen molar-refractivity contribution in [2.75, 3.05) is 33.6 Å². The van der Waals surface area contributed by atoms with Crippen LogP contribution in [0.1, 0.15) is 15.9 Å². The van der Waals surface area contributed by atoms with Gasteiger partial charge in [-0.15, -0.1) is 0 Å². The van der Waals surface area contributed by atoms with Crippen molar-refractivity contribution in [2.45, 2.75) is 18.1 Å². The SMILES string of the molecule is COCCS(=O)(=O)c1ccc(C(=O)N(C)Cc2ccc(OC(F)F)c(OC)c2)cc1. The van der Waals surface area contributed by atoms with E-state index in [1.54, 1.807) is 13.1 Å². The molecule has 0 spiro atoms. The summed E-state index contributed by atoms with van der Waals surface area (Å²) in [5.74, 6) is -0.457. The Morgan fingerprint density at radius 2 is 1.73 bits per heavy atom. The minimum absolute atomic E-state index is 0.0797. The summed E-state index contributed by atoms with van der Waals surface area (Å²) in [5, 5.41) is 0. The number of amides is 1. The van der Waals surface area contributed by atoms with Crippen molar-refractivity contribution < 1.29 is 36.2 Å². The van der Waals surface area contributed by atoms with Gasteiger partial charge in [0.05, 0.1) is 24.4 Å². The Hall–Kier alpha value is -2.72. The number of ether oxygens (including phenoxy) is 3. The Morgan fingerprint density at radius 3 is 2.30 bits per heavy atom. The van der Waals surface area contributed by atoms with Crippen molar-refractivity contribution in [1.29, 1.82) is 0 Å². The van der Waals surface area contributed by atoms with Crippen LogP contribution < -0.4 is 9.47 Å². The minimum Gasteiger partial charge on any atom is -0.493 e. The number of halogens is 2. The Balaban J connectivity index is 2.10. The van der Waals surface area contributed by atoms with Gasteiger partial charge in [-0.25, -0.2) is 8.42 Å². The highest BCUT2D eigenvalue weighted by Gasteiger charge is 2.18. The molecule has 2 aromatic carbocycles. The van der Waals surface area contributed by atoms with Gasteiger partial charge in [-0.2, -0.15) is 8.78 Å². The maximum Gasteiger partial charge on any atom is 0.387 e. The van der Waals surface area contributed by atoms with E-state index < -0.39 is 16.4 Å². The van der Waals surface area contributed by atoms with E-state index in [9.17, 15) is 22.0 Å². The zero-order valence-electron chi connectivity index (χ0n) is 16.8. The van der Waals surface area contributed by atoms with E-state index in [1.165, 1.54) is 55.5 Å². The van der Waals surface area contributed by atoms with Gasteiger partial charge >= 0.3 is 6.61 Å². The lowest BCUT2D eigenvalue weighted by molar-refractivity contribution is -0.0512. The van der Waals surface area contributed by atoms with Gasteiger partial charge in [0.1, 0.15) is 0 Å². The monoisotopic (exact) mass is 443 g/mol. The molecule has 2 aromatic rings. The van der Waals surface area contributed by atoms with Crippen LogP contribution in [0.15, 0.2) is 47.4 Å². The molecule has 164 valence electrons. The number of methoxy groups -OCH3 is 2. The van der Waals surface area contributed by atoms with Gasteiger partial charge in [-0.1, -0.05) is 6.07 Å². The van der Waals surface area contributed by atoms with Crippen LogP contribution in [0.2, 0.25) is 0 Å². The van der Waals surface area contributed by atoms with Crippen LogP contribution in [0.4, 0.5) is 8.78 Å². The second-order valence-electron chi connectivity index (χ2n) is 6.36. The zero-order chi connectivity index (χ0) is 22.3. The van der Waals surface area contributed by atoms with Gasteiger partial charge in [-0.05, 0) is 42.0 Å². The van der Waals surface area contributed by atoms with Crippen molar-refractivity contribution in [2.24, 2.45) is 0 Å². The van der Waals surface area contributed by atoms with Gasteiger partial charge in [0.2, 0.25) is 0 Å². The van der Waals surface area contributed by atoms with Crippen LogP contribution in [0, 0.1) is 0 Å². The molecule has 0 saturated carbocycles. The summed E-state index contributed by atoms with van der Waals surface area (Å²) >= 11 is 0. The summed E-state index contributed by atoms with van der Waals surface area (Å²) in [7, 11) is 0.834. The highest BCUT2D eigenvalue weighted by Crippen LogP contribution is 2.30. The van der Waals surface area contributed by atoms with Gasteiger partial charge in [0.25, 0.3) is 5.91 Å². The lowest BCUT2D eigenvalue weighted by Gasteiger charge is -2.19. The highest BCUT2D eigenvalue weighted by molar-refractivity contribution is 7.91. The molecule has 2 rings (SSSR count). The first kappa shape index (κ1) is 23.6. The van der Waals surface area contributed by atoms with Crippen LogP contribution in [-0.2, 0) is 21.1 Å². The van der Waals surface area contributed by atoms with Crippen molar-refractivity contribution in [1.82, 2.24) is 4.90 Å². The number of sulfone groups is 1. The molecule has 0 atom stereocenters. The number of benzene rings is 2. The molecule has 0 aliphatic carbocycles. The van der Waals surface area contributed by atoms with Crippen LogP contribution >= 0.6 is 0 Å². The fraction of sp³-hybridized carbons (Fsp3) is 0.350. The van der Waals surface area contributed by atoms with E-state index >= 15 is 0 Å². The van der Waals surface area contributed by atoms with E-state index in [2.05, 4.69) is 4.74 Å². The molecule has 0 aliphatic heterocycles. The summed E-state index contributed by atoms with van der Waals surface area (Å²) in [6.07, 6.45) is 0. The second-order valence-corrected chi connectivity index (χ2v) is 8.47. The average Bonchev–Trinajstić information content (AvgIpc) is 2.72. The quantitative estimate of drug-likeness (QED) is 0.562. The van der Waals surface area contributed by atoms with Gasteiger partial charge < -0.3 is 19.1 Å². The predicted molar refractivity (Wildman–Crippen MR) is 106 cm³/mol. The number of hydrogen-bond donors (Lipinski definition) is 0. The number of alkyl halides is 2. The number of hydrogen-bond acceptors (Lipinski definition) is 6. The standard InChI is InChI=1S/C20H23F2NO6S/c1-23(13-14-4-9-17(29-20(21)22)18(12-14)28-3)19(24)15-5-7-16(8-6-15)30(25,26)11-10-27-2/h4-9,12,20H,10-11,13H2,1-3H3. The van der Waals surface area contributed by atoms with Crippen LogP contribution in [-0.4, -0.2) is 59.5 Å². The summed E-state index contributed by atoms with van der Waals surface area (Å²) < 4.78 is 63.4. The third-order valence-corrected chi connectivity index (χ3v) is 5.92. The Labute approximate surface area is 174 Å². The van der Waals surface area contributed by atoms with E-state index in [1.807, 2.05) is 0 Å². The first-order valence-corrected chi connectivity index (χ1v) is 10.5. The van der Waals surface area contributed by atoms with E-state index in [-0.39, 0.29) is 41.2 Å². The zero-order valence-corrected chi connectivity index (χ0v) is 17.6. The average molecular weight is 443 g/mol.